The van der Waals surface area contributed by atoms with Crippen molar-refractivity contribution >= 4 is 5.91 Å². The normalized spacial score (nSPS) is 15.1. The summed E-state index contributed by atoms with van der Waals surface area (Å²) >= 11 is 0. The standard InChI is InChI=1S/C19H22N6O2/c1-23-8-10-24(11-9-23)19(26)16-12-17(15-4-3-7-20-15)25(22-16)14-5-6-18(27-2)21-13-14/h3-7,12-13,20H,8-11H2,1-2H3. The van der Waals surface area contributed by atoms with Gasteiger partial charge in [-0.15, -0.1) is 0 Å². The van der Waals surface area contributed by atoms with Gasteiger partial charge in [-0.1, -0.05) is 0 Å². The van der Waals surface area contributed by atoms with Gasteiger partial charge in [0.15, 0.2) is 5.69 Å². The van der Waals surface area contributed by atoms with Gasteiger partial charge in [0.25, 0.3) is 5.91 Å². The van der Waals surface area contributed by atoms with Gasteiger partial charge in [0.1, 0.15) is 0 Å². The van der Waals surface area contributed by atoms with Crippen LogP contribution in [-0.4, -0.2) is 75.8 Å². The molecule has 1 N–H and O–H groups in total. The van der Waals surface area contributed by atoms with E-state index >= 15 is 0 Å². The van der Waals surface area contributed by atoms with Crippen LogP contribution in [0, 0.1) is 0 Å². The first-order valence-electron chi connectivity index (χ1n) is 8.88. The summed E-state index contributed by atoms with van der Waals surface area (Å²) in [5, 5.41) is 4.60. The van der Waals surface area contributed by atoms with E-state index < -0.39 is 0 Å². The van der Waals surface area contributed by atoms with Crippen molar-refractivity contribution in [3.05, 3.63) is 48.4 Å². The first-order chi connectivity index (χ1) is 13.2. The summed E-state index contributed by atoms with van der Waals surface area (Å²) in [6, 6.07) is 9.35. The summed E-state index contributed by atoms with van der Waals surface area (Å²) in [4.78, 5) is 24.5. The van der Waals surface area contributed by atoms with E-state index in [1.165, 1.54) is 0 Å². The molecule has 1 aliphatic heterocycles. The molecule has 0 aromatic carbocycles. The predicted octanol–water partition coefficient (Wildman–Crippen LogP) is 1.66. The van der Waals surface area contributed by atoms with Gasteiger partial charge in [-0.05, 0) is 31.3 Å². The third-order valence-electron chi connectivity index (χ3n) is 4.77. The average Bonchev–Trinajstić information content (AvgIpc) is 3.38. The Morgan fingerprint density at radius 1 is 1.19 bits per heavy atom. The summed E-state index contributed by atoms with van der Waals surface area (Å²) in [6.45, 7) is 3.17. The average molecular weight is 366 g/mol. The molecule has 1 amide bonds. The number of pyridine rings is 1. The molecule has 0 bridgehead atoms. The molecule has 140 valence electrons. The Morgan fingerprint density at radius 3 is 2.63 bits per heavy atom. The van der Waals surface area contributed by atoms with Crippen LogP contribution in [0.25, 0.3) is 17.1 Å². The molecule has 1 saturated heterocycles. The fourth-order valence-electron chi connectivity index (χ4n) is 3.15. The molecule has 0 aliphatic carbocycles. The smallest absolute Gasteiger partial charge is 0.274 e. The van der Waals surface area contributed by atoms with Crippen molar-refractivity contribution < 1.29 is 9.53 Å². The number of nitrogens with one attached hydrogen (secondary N) is 1. The Morgan fingerprint density at radius 2 is 2.00 bits per heavy atom. The second-order valence-corrected chi connectivity index (χ2v) is 6.56. The van der Waals surface area contributed by atoms with Gasteiger partial charge in [0, 0.05) is 38.4 Å². The fraction of sp³-hybridized carbons (Fsp3) is 0.316. The first kappa shape index (κ1) is 17.3. The Labute approximate surface area is 157 Å². The minimum Gasteiger partial charge on any atom is -0.481 e. The molecule has 0 unspecified atom stereocenters. The summed E-state index contributed by atoms with van der Waals surface area (Å²) in [7, 11) is 3.64. The van der Waals surface area contributed by atoms with Crippen molar-refractivity contribution in [3.63, 3.8) is 0 Å². The molecule has 3 aromatic rings. The van der Waals surface area contributed by atoms with Crippen LogP contribution < -0.4 is 4.74 Å². The second-order valence-electron chi connectivity index (χ2n) is 6.56. The number of H-pyrrole nitrogens is 1. The molecule has 4 heterocycles. The van der Waals surface area contributed by atoms with Crippen LogP contribution in [0.1, 0.15) is 10.5 Å². The zero-order chi connectivity index (χ0) is 18.8. The monoisotopic (exact) mass is 366 g/mol. The lowest BCUT2D eigenvalue weighted by Crippen LogP contribution is -2.47. The number of aromatic amines is 1. The number of aromatic nitrogens is 4. The van der Waals surface area contributed by atoms with E-state index in [0.29, 0.717) is 24.7 Å². The zero-order valence-electron chi connectivity index (χ0n) is 15.4. The summed E-state index contributed by atoms with van der Waals surface area (Å²) in [5.41, 5.74) is 2.89. The van der Waals surface area contributed by atoms with E-state index in [4.69, 9.17) is 4.74 Å². The Bertz CT molecular complexity index is 908. The fourth-order valence-corrected chi connectivity index (χ4v) is 3.15. The molecular formula is C19H22N6O2. The summed E-state index contributed by atoms with van der Waals surface area (Å²) < 4.78 is 6.86. The number of carbonyl (C=O) groups excluding carboxylic acids is 1. The maximum absolute atomic E-state index is 13.0. The van der Waals surface area contributed by atoms with Crippen LogP contribution in [0.15, 0.2) is 42.7 Å². The Kier molecular flexibility index (Phi) is 4.64. The Hall–Kier alpha value is -3.13. The SMILES string of the molecule is COc1ccc(-n2nc(C(=O)N3CCN(C)CC3)cc2-c2ccc[nH]2)cn1. The van der Waals surface area contributed by atoms with Crippen molar-refractivity contribution in [1.82, 2.24) is 29.5 Å². The van der Waals surface area contributed by atoms with Crippen molar-refractivity contribution in [3.8, 4) is 23.0 Å². The highest BCUT2D eigenvalue weighted by molar-refractivity contribution is 5.93. The maximum atomic E-state index is 13.0. The molecule has 27 heavy (non-hydrogen) atoms. The number of hydrogen-bond donors (Lipinski definition) is 1. The molecule has 1 fully saturated rings. The maximum Gasteiger partial charge on any atom is 0.274 e. The van der Waals surface area contributed by atoms with E-state index in [-0.39, 0.29) is 5.91 Å². The number of amides is 1. The largest absolute Gasteiger partial charge is 0.481 e. The number of carbonyl (C=O) groups is 1. The van der Waals surface area contributed by atoms with Gasteiger partial charge in [0.2, 0.25) is 5.88 Å². The number of methoxy groups -OCH3 is 1. The zero-order valence-corrected chi connectivity index (χ0v) is 15.4. The molecule has 0 saturated carbocycles. The van der Waals surface area contributed by atoms with Gasteiger partial charge in [-0.2, -0.15) is 5.10 Å². The third-order valence-corrected chi connectivity index (χ3v) is 4.77. The number of likely N-dealkylation sites (N-methyl/N-ethyl adjacent to an activating group) is 1. The summed E-state index contributed by atoms with van der Waals surface area (Å²) in [6.07, 6.45) is 3.53. The van der Waals surface area contributed by atoms with Crippen molar-refractivity contribution in [2.75, 3.05) is 40.3 Å². The molecular weight excluding hydrogens is 344 g/mol. The number of hydrogen-bond acceptors (Lipinski definition) is 5. The van der Waals surface area contributed by atoms with E-state index in [1.54, 1.807) is 24.1 Å². The molecule has 4 rings (SSSR count). The van der Waals surface area contributed by atoms with E-state index in [2.05, 4.69) is 27.0 Å². The number of nitrogens with zero attached hydrogens (tertiary/aromatic N) is 5. The van der Waals surface area contributed by atoms with E-state index in [1.807, 2.05) is 35.4 Å². The van der Waals surface area contributed by atoms with E-state index in [0.717, 1.165) is 30.2 Å². The highest BCUT2D eigenvalue weighted by atomic mass is 16.5. The van der Waals surface area contributed by atoms with Crippen molar-refractivity contribution in [2.24, 2.45) is 0 Å². The lowest BCUT2D eigenvalue weighted by atomic mass is 10.2. The number of rotatable bonds is 4. The van der Waals surface area contributed by atoms with E-state index in [9.17, 15) is 4.79 Å². The third kappa shape index (κ3) is 3.43. The van der Waals surface area contributed by atoms with Crippen LogP contribution in [0.4, 0.5) is 0 Å². The van der Waals surface area contributed by atoms with Gasteiger partial charge in [-0.25, -0.2) is 9.67 Å². The molecule has 0 spiro atoms. The lowest BCUT2D eigenvalue weighted by molar-refractivity contribution is 0.0657. The van der Waals surface area contributed by atoms with Crippen molar-refractivity contribution in [1.29, 1.82) is 0 Å². The quantitative estimate of drug-likeness (QED) is 0.760. The second kappa shape index (κ2) is 7.24. The number of ether oxygens (including phenoxy) is 1. The summed E-state index contributed by atoms with van der Waals surface area (Å²) in [5.74, 6) is 0.484. The highest BCUT2D eigenvalue weighted by Crippen LogP contribution is 2.24. The van der Waals surface area contributed by atoms with Crippen molar-refractivity contribution in [2.45, 2.75) is 0 Å². The van der Waals surface area contributed by atoms with Gasteiger partial charge in [-0.3, -0.25) is 4.79 Å². The molecule has 1 aliphatic rings. The van der Waals surface area contributed by atoms with Crippen LogP contribution in [0.3, 0.4) is 0 Å². The number of piperazine rings is 1. The van der Waals surface area contributed by atoms with Gasteiger partial charge < -0.3 is 19.5 Å². The minimum absolute atomic E-state index is 0.0453. The first-order valence-corrected chi connectivity index (χ1v) is 8.88. The molecule has 8 nitrogen and oxygen atoms in total. The molecule has 0 atom stereocenters. The highest BCUT2D eigenvalue weighted by Gasteiger charge is 2.24. The van der Waals surface area contributed by atoms with Gasteiger partial charge >= 0.3 is 0 Å². The van der Waals surface area contributed by atoms with Crippen LogP contribution in [-0.2, 0) is 0 Å². The topological polar surface area (TPSA) is 79.3 Å². The predicted molar refractivity (Wildman–Crippen MR) is 101 cm³/mol. The minimum atomic E-state index is -0.0453. The lowest BCUT2D eigenvalue weighted by Gasteiger charge is -2.31. The molecule has 0 radical (unpaired) electrons. The molecule has 8 heteroatoms. The molecule has 3 aromatic heterocycles. The Balaban J connectivity index is 1.70. The van der Waals surface area contributed by atoms with Crippen LogP contribution in [0.2, 0.25) is 0 Å². The van der Waals surface area contributed by atoms with Gasteiger partial charge in [0.05, 0.1) is 30.4 Å². The van der Waals surface area contributed by atoms with Crippen LogP contribution in [0.5, 0.6) is 5.88 Å². The van der Waals surface area contributed by atoms with Crippen LogP contribution >= 0.6 is 0 Å².